The summed E-state index contributed by atoms with van der Waals surface area (Å²) in [4.78, 5) is 14.1. The Morgan fingerprint density at radius 3 is 3.00 bits per heavy atom. The molecule has 18 heavy (non-hydrogen) atoms. The second kappa shape index (κ2) is 5.54. The van der Waals surface area contributed by atoms with Gasteiger partial charge in [0.05, 0.1) is 22.1 Å². The van der Waals surface area contributed by atoms with E-state index in [1.807, 2.05) is 0 Å². The van der Waals surface area contributed by atoms with Gasteiger partial charge in [-0.1, -0.05) is 5.21 Å². The molecule has 8 nitrogen and oxygen atoms in total. The molecule has 2 rings (SSSR count). The van der Waals surface area contributed by atoms with Crippen molar-refractivity contribution in [2.45, 2.75) is 6.54 Å². The van der Waals surface area contributed by atoms with Crippen molar-refractivity contribution in [3.05, 3.63) is 39.4 Å². The SMILES string of the molecule is O=[N+]([O-])c1cncc(Br)c1NCCn1ccnn1. The molecule has 0 atom stereocenters. The number of nitrogens with zero attached hydrogens (tertiary/aromatic N) is 5. The molecule has 1 N–H and O–H groups in total. The molecule has 2 aromatic rings. The van der Waals surface area contributed by atoms with Gasteiger partial charge in [-0.3, -0.25) is 19.8 Å². The van der Waals surface area contributed by atoms with Crippen LogP contribution >= 0.6 is 15.9 Å². The Balaban J connectivity index is 2.06. The number of nitro groups is 1. The molecule has 0 saturated carbocycles. The predicted molar refractivity (Wildman–Crippen MR) is 67.1 cm³/mol. The van der Waals surface area contributed by atoms with Crippen molar-refractivity contribution in [3.63, 3.8) is 0 Å². The van der Waals surface area contributed by atoms with Crippen LogP contribution < -0.4 is 5.32 Å². The second-order valence-corrected chi connectivity index (χ2v) is 4.22. The highest BCUT2D eigenvalue weighted by Crippen LogP contribution is 2.30. The summed E-state index contributed by atoms with van der Waals surface area (Å²) < 4.78 is 2.18. The van der Waals surface area contributed by atoms with Crippen molar-refractivity contribution in [2.75, 3.05) is 11.9 Å². The minimum atomic E-state index is -0.477. The van der Waals surface area contributed by atoms with E-state index in [1.54, 1.807) is 17.1 Å². The average Bonchev–Trinajstić information content (AvgIpc) is 2.84. The van der Waals surface area contributed by atoms with Crippen LogP contribution in [0, 0.1) is 10.1 Å². The van der Waals surface area contributed by atoms with Crippen LogP contribution in [-0.2, 0) is 6.54 Å². The summed E-state index contributed by atoms with van der Waals surface area (Å²) in [6.45, 7) is 1.05. The third-order valence-electron chi connectivity index (χ3n) is 2.19. The molecular formula is C9H9BrN6O2. The molecule has 94 valence electrons. The van der Waals surface area contributed by atoms with Gasteiger partial charge >= 0.3 is 5.69 Å². The Morgan fingerprint density at radius 1 is 1.50 bits per heavy atom. The van der Waals surface area contributed by atoms with Crippen LogP contribution in [0.5, 0.6) is 0 Å². The van der Waals surface area contributed by atoms with Crippen molar-refractivity contribution in [2.24, 2.45) is 0 Å². The Labute approximate surface area is 110 Å². The largest absolute Gasteiger partial charge is 0.377 e. The van der Waals surface area contributed by atoms with E-state index in [0.717, 1.165) is 0 Å². The van der Waals surface area contributed by atoms with Gasteiger partial charge in [-0.25, -0.2) is 0 Å². The van der Waals surface area contributed by atoms with E-state index in [-0.39, 0.29) is 5.69 Å². The number of nitrogens with one attached hydrogen (secondary N) is 1. The number of pyridine rings is 1. The third-order valence-corrected chi connectivity index (χ3v) is 2.79. The molecular weight excluding hydrogens is 304 g/mol. The van der Waals surface area contributed by atoms with Crippen LogP contribution in [0.25, 0.3) is 0 Å². The number of hydrogen-bond donors (Lipinski definition) is 1. The highest BCUT2D eigenvalue weighted by molar-refractivity contribution is 9.10. The van der Waals surface area contributed by atoms with Gasteiger partial charge in [0.1, 0.15) is 11.9 Å². The lowest BCUT2D eigenvalue weighted by atomic mass is 10.3. The van der Waals surface area contributed by atoms with Crippen LogP contribution in [0.2, 0.25) is 0 Å². The summed E-state index contributed by atoms with van der Waals surface area (Å²) in [5, 5.41) is 21.3. The fourth-order valence-corrected chi connectivity index (χ4v) is 1.85. The first-order chi connectivity index (χ1) is 8.68. The molecule has 0 saturated heterocycles. The molecule has 9 heteroatoms. The van der Waals surface area contributed by atoms with Gasteiger partial charge in [0.25, 0.3) is 0 Å². The number of rotatable bonds is 5. The second-order valence-electron chi connectivity index (χ2n) is 3.37. The maximum Gasteiger partial charge on any atom is 0.311 e. The Morgan fingerprint density at radius 2 is 2.33 bits per heavy atom. The first-order valence-corrected chi connectivity index (χ1v) is 5.83. The van der Waals surface area contributed by atoms with Crippen LogP contribution in [-0.4, -0.2) is 31.4 Å². The van der Waals surface area contributed by atoms with Gasteiger partial charge in [0.15, 0.2) is 0 Å². The molecule has 2 heterocycles. The van der Waals surface area contributed by atoms with Gasteiger partial charge < -0.3 is 5.32 Å². The smallest absolute Gasteiger partial charge is 0.311 e. The lowest BCUT2D eigenvalue weighted by Gasteiger charge is -2.08. The molecule has 0 amide bonds. The zero-order valence-corrected chi connectivity index (χ0v) is 10.7. The molecule has 0 bridgehead atoms. The van der Waals surface area contributed by atoms with E-state index in [4.69, 9.17) is 0 Å². The van der Waals surface area contributed by atoms with Crippen LogP contribution in [0.4, 0.5) is 11.4 Å². The quantitative estimate of drug-likeness (QED) is 0.662. The number of anilines is 1. The third kappa shape index (κ3) is 2.80. The summed E-state index contributed by atoms with van der Waals surface area (Å²) in [6, 6.07) is 0. The molecule has 0 aliphatic rings. The maximum atomic E-state index is 10.8. The summed E-state index contributed by atoms with van der Waals surface area (Å²) in [7, 11) is 0. The number of aromatic nitrogens is 4. The van der Waals surface area contributed by atoms with Gasteiger partial charge in [-0.05, 0) is 15.9 Å². The van der Waals surface area contributed by atoms with Crippen LogP contribution in [0.3, 0.4) is 0 Å². The molecule has 0 unspecified atom stereocenters. The van der Waals surface area contributed by atoms with E-state index in [2.05, 4.69) is 36.5 Å². The average molecular weight is 313 g/mol. The van der Waals surface area contributed by atoms with E-state index in [0.29, 0.717) is 23.2 Å². The lowest BCUT2D eigenvalue weighted by Crippen LogP contribution is -2.12. The van der Waals surface area contributed by atoms with Gasteiger partial charge in [-0.15, -0.1) is 5.10 Å². The summed E-state index contributed by atoms with van der Waals surface area (Å²) in [5.41, 5.74) is 0.345. The zero-order chi connectivity index (χ0) is 13.0. The summed E-state index contributed by atoms with van der Waals surface area (Å²) in [6.07, 6.45) is 6.01. The van der Waals surface area contributed by atoms with E-state index >= 15 is 0 Å². The maximum absolute atomic E-state index is 10.8. The summed E-state index contributed by atoms with van der Waals surface area (Å²) >= 11 is 3.23. The Hall–Kier alpha value is -2.03. The Bertz CT molecular complexity index is 544. The standard InChI is InChI=1S/C9H9BrN6O2/c10-7-5-11-6-8(16(17)18)9(7)12-1-3-15-4-2-13-14-15/h2,4-6H,1,3H2,(H,11,12). The molecule has 0 fully saturated rings. The molecule has 0 spiro atoms. The highest BCUT2D eigenvalue weighted by Gasteiger charge is 2.16. The van der Waals surface area contributed by atoms with Crippen molar-refractivity contribution in [3.8, 4) is 0 Å². The van der Waals surface area contributed by atoms with Crippen molar-refractivity contribution in [1.82, 2.24) is 20.0 Å². The van der Waals surface area contributed by atoms with Gasteiger partial charge in [-0.2, -0.15) is 0 Å². The van der Waals surface area contributed by atoms with Crippen molar-refractivity contribution < 1.29 is 4.92 Å². The fraction of sp³-hybridized carbons (Fsp3) is 0.222. The first-order valence-electron chi connectivity index (χ1n) is 5.04. The Kier molecular flexibility index (Phi) is 3.82. The fourth-order valence-electron chi connectivity index (χ4n) is 1.39. The number of hydrogen-bond acceptors (Lipinski definition) is 6. The summed E-state index contributed by atoms with van der Waals surface area (Å²) in [5.74, 6) is 0. The van der Waals surface area contributed by atoms with Crippen molar-refractivity contribution in [1.29, 1.82) is 0 Å². The molecule has 0 aromatic carbocycles. The predicted octanol–water partition coefficient (Wildman–Crippen LogP) is 1.46. The minimum absolute atomic E-state index is 0.0667. The van der Waals surface area contributed by atoms with E-state index < -0.39 is 4.92 Å². The lowest BCUT2D eigenvalue weighted by molar-refractivity contribution is -0.384. The molecule has 0 aliphatic heterocycles. The zero-order valence-electron chi connectivity index (χ0n) is 9.15. The van der Waals surface area contributed by atoms with Gasteiger partial charge in [0.2, 0.25) is 0 Å². The molecule has 2 aromatic heterocycles. The van der Waals surface area contributed by atoms with E-state index in [9.17, 15) is 10.1 Å². The minimum Gasteiger partial charge on any atom is -0.377 e. The van der Waals surface area contributed by atoms with Crippen LogP contribution in [0.1, 0.15) is 0 Å². The number of halogens is 1. The highest BCUT2D eigenvalue weighted by atomic mass is 79.9. The normalized spacial score (nSPS) is 10.3. The first kappa shape index (κ1) is 12.4. The topological polar surface area (TPSA) is 98.8 Å². The monoisotopic (exact) mass is 312 g/mol. The van der Waals surface area contributed by atoms with Gasteiger partial charge in [0, 0.05) is 18.9 Å². The molecule has 0 radical (unpaired) electrons. The van der Waals surface area contributed by atoms with Crippen molar-refractivity contribution >= 4 is 27.3 Å². The van der Waals surface area contributed by atoms with Crippen LogP contribution in [0.15, 0.2) is 29.3 Å². The molecule has 0 aliphatic carbocycles. The van der Waals surface area contributed by atoms with E-state index in [1.165, 1.54) is 12.4 Å².